The van der Waals surface area contributed by atoms with E-state index < -0.39 is 11.8 Å². The molecule has 1 atom stereocenters. The first kappa shape index (κ1) is 11.8. The molecule has 6 heteroatoms. The Hall–Kier alpha value is -1.72. The van der Waals surface area contributed by atoms with Gasteiger partial charge in [-0.1, -0.05) is 6.92 Å². The van der Waals surface area contributed by atoms with E-state index in [-0.39, 0.29) is 29.5 Å². The van der Waals surface area contributed by atoms with Crippen molar-refractivity contribution in [3.05, 3.63) is 0 Å². The third kappa shape index (κ3) is 1.83. The van der Waals surface area contributed by atoms with Gasteiger partial charge >= 0.3 is 0 Å². The van der Waals surface area contributed by atoms with Crippen LogP contribution in [0.15, 0.2) is 0 Å². The zero-order valence-corrected chi connectivity index (χ0v) is 9.73. The molecule has 92 valence electrons. The Kier molecular flexibility index (Phi) is 2.73. The number of amides is 4. The highest BCUT2D eigenvalue weighted by atomic mass is 16.2. The third-order valence-electron chi connectivity index (χ3n) is 3.41. The molecule has 0 aromatic heterocycles. The third-order valence-corrected chi connectivity index (χ3v) is 3.41. The van der Waals surface area contributed by atoms with Crippen LogP contribution >= 0.6 is 0 Å². The number of rotatable bonds is 4. The van der Waals surface area contributed by atoms with E-state index in [9.17, 15) is 19.2 Å². The van der Waals surface area contributed by atoms with Gasteiger partial charge < -0.3 is 0 Å². The van der Waals surface area contributed by atoms with E-state index in [1.54, 1.807) is 0 Å². The molecular weight excluding hydrogens is 224 g/mol. The van der Waals surface area contributed by atoms with Crippen LogP contribution in [0.1, 0.15) is 19.8 Å². The van der Waals surface area contributed by atoms with Crippen LogP contribution in [0.3, 0.4) is 0 Å². The second-order valence-corrected chi connectivity index (χ2v) is 4.77. The number of likely N-dealkylation sites (tertiary alicyclic amines) is 1. The molecule has 0 bridgehead atoms. The topological polar surface area (TPSA) is 83.6 Å². The van der Waals surface area contributed by atoms with Crippen LogP contribution in [-0.4, -0.2) is 35.6 Å². The van der Waals surface area contributed by atoms with Gasteiger partial charge in [-0.3, -0.25) is 29.4 Å². The van der Waals surface area contributed by atoms with Gasteiger partial charge in [-0.05, 0) is 18.8 Å². The lowest BCUT2D eigenvalue weighted by Gasteiger charge is -2.35. The molecule has 2 rings (SSSR count). The molecule has 0 saturated carbocycles. The molecule has 0 aromatic rings. The lowest BCUT2D eigenvalue weighted by Crippen LogP contribution is -2.57. The van der Waals surface area contributed by atoms with Gasteiger partial charge in [0.05, 0.1) is 0 Å². The van der Waals surface area contributed by atoms with Crippen molar-refractivity contribution in [1.82, 2.24) is 10.2 Å². The highest BCUT2D eigenvalue weighted by Crippen LogP contribution is 2.29. The molecule has 2 fully saturated rings. The molecule has 2 saturated heterocycles. The zero-order valence-electron chi connectivity index (χ0n) is 9.73. The molecule has 6 nitrogen and oxygen atoms in total. The first-order valence-corrected chi connectivity index (χ1v) is 5.58. The fourth-order valence-electron chi connectivity index (χ4n) is 2.27. The predicted molar refractivity (Wildman–Crippen MR) is 56.3 cm³/mol. The Morgan fingerprint density at radius 3 is 2.00 bits per heavy atom. The lowest BCUT2D eigenvalue weighted by atomic mass is 9.82. The van der Waals surface area contributed by atoms with Crippen molar-refractivity contribution >= 4 is 23.6 Å². The molecule has 17 heavy (non-hydrogen) atoms. The molecule has 0 aromatic carbocycles. The molecule has 1 N–H and O–H groups in total. The van der Waals surface area contributed by atoms with Crippen LogP contribution in [-0.2, 0) is 19.2 Å². The van der Waals surface area contributed by atoms with Crippen LogP contribution < -0.4 is 5.32 Å². The van der Waals surface area contributed by atoms with Gasteiger partial charge in [0.25, 0.3) is 0 Å². The molecule has 2 heterocycles. The standard InChI is InChI=1S/C11H14N2O4/c1-5(3-6-8(14)12-9(6)15)4-7-10(16)13(2)11(7)17/h5-7H,3-4H2,1-2H3,(H,12,14,15)/t5-/m1/s1. The second kappa shape index (κ2) is 3.94. The van der Waals surface area contributed by atoms with Gasteiger partial charge in [-0.25, -0.2) is 0 Å². The lowest BCUT2D eigenvalue weighted by molar-refractivity contribution is -0.164. The summed E-state index contributed by atoms with van der Waals surface area (Å²) in [6.45, 7) is 1.84. The summed E-state index contributed by atoms with van der Waals surface area (Å²) in [6, 6.07) is 0. The van der Waals surface area contributed by atoms with E-state index in [4.69, 9.17) is 0 Å². The molecule has 4 amide bonds. The van der Waals surface area contributed by atoms with Crippen LogP contribution in [0, 0.1) is 17.8 Å². The van der Waals surface area contributed by atoms with Gasteiger partial charge in [0, 0.05) is 7.05 Å². The van der Waals surface area contributed by atoms with Crippen molar-refractivity contribution < 1.29 is 19.2 Å². The van der Waals surface area contributed by atoms with Crippen LogP contribution in [0.25, 0.3) is 0 Å². The Morgan fingerprint density at radius 2 is 1.53 bits per heavy atom. The van der Waals surface area contributed by atoms with E-state index in [1.165, 1.54) is 7.05 Å². The van der Waals surface area contributed by atoms with Gasteiger partial charge in [-0.2, -0.15) is 0 Å². The molecule has 0 radical (unpaired) electrons. The smallest absolute Gasteiger partial charge is 0.241 e. The fourth-order valence-corrected chi connectivity index (χ4v) is 2.27. The van der Waals surface area contributed by atoms with Crippen LogP contribution in [0.4, 0.5) is 0 Å². The molecule has 2 aliphatic heterocycles. The average molecular weight is 238 g/mol. The van der Waals surface area contributed by atoms with Crippen molar-refractivity contribution in [2.24, 2.45) is 17.8 Å². The molecule has 0 aliphatic carbocycles. The summed E-state index contributed by atoms with van der Waals surface area (Å²) in [5.74, 6) is -2.03. The fraction of sp³-hybridized carbons (Fsp3) is 0.636. The Labute approximate surface area is 98.3 Å². The first-order chi connectivity index (χ1) is 7.91. The van der Waals surface area contributed by atoms with Crippen molar-refractivity contribution in [2.45, 2.75) is 19.8 Å². The number of hydrogen-bond acceptors (Lipinski definition) is 4. The summed E-state index contributed by atoms with van der Waals surface area (Å²) in [7, 11) is 1.45. The monoisotopic (exact) mass is 238 g/mol. The average Bonchev–Trinajstić information content (AvgIpc) is 2.32. The maximum atomic E-state index is 11.4. The Balaban J connectivity index is 1.84. The first-order valence-electron chi connectivity index (χ1n) is 5.58. The molecule has 2 aliphatic rings. The van der Waals surface area contributed by atoms with Crippen molar-refractivity contribution in [1.29, 1.82) is 0 Å². The molecular formula is C11H14N2O4. The maximum Gasteiger partial charge on any atom is 0.241 e. The maximum absolute atomic E-state index is 11.4. The number of nitrogens with one attached hydrogen (secondary N) is 1. The van der Waals surface area contributed by atoms with E-state index in [1.807, 2.05) is 6.92 Å². The summed E-state index contributed by atoms with van der Waals surface area (Å²) < 4.78 is 0. The number of β-lactam (4-membered cyclic amide) rings is 4. The van der Waals surface area contributed by atoms with E-state index >= 15 is 0 Å². The minimum absolute atomic E-state index is 0.00148. The van der Waals surface area contributed by atoms with E-state index in [2.05, 4.69) is 5.32 Å². The number of carbonyl (C=O) groups excluding carboxylic acids is 4. The summed E-state index contributed by atoms with van der Waals surface area (Å²) in [6.07, 6.45) is 0.824. The number of carbonyl (C=O) groups is 4. The summed E-state index contributed by atoms with van der Waals surface area (Å²) >= 11 is 0. The van der Waals surface area contributed by atoms with Crippen molar-refractivity contribution in [2.75, 3.05) is 7.05 Å². The number of hydrogen-bond donors (Lipinski definition) is 1. The van der Waals surface area contributed by atoms with Crippen molar-refractivity contribution in [3.63, 3.8) is 0 Å². The van der Waals surface area contributed by atoms with E-state index in [0.717, 1.165) is 4.90 Å². The van der Waals surface area contributed by atoms with Gasteiger partial charge in [0.2, 0.25) is 23.6 Å². The zero-order chi connectivity index (χ0) is 12.7. The normalized spacial score (nSPS) is 23.3. The van der Waals surface area contributed by atoms with Crippen molar-refractivity contribution in [3.8, 4) is 0 Å². The quantitative estimate of drug-likeness (QED) is 0.518. The molecule has 0 unspecified atom stereocenters. The van der Waals surface area contributed by atoms with E-state index in [0.29, 0.717) is 12.8 Å². The van der Waals surface area contributed by atoms with Gasteiger partial charge in [-0.15, -0.1) is 0 Å². The number of nitrogens with zero attached hydrogens (tertiary/aromatic N) is 1. The Bertz CT molecular complexity index is 388. The summed E-state index contributed by atoms with van der Waals surface area (Å²) in [5.41, 5.74) is 0. The Morgan fingerprint density at radius 1 is 1.06 bits per heavy atom. The second-order valence-electron chi connectivity index (χ2n) is 4.77. The van der Waals surface area contributed by atoms with Crippen LogP contribution in [0.5, 0.6) is 0 Å². The van der Waals surface area contributed by atoms with Gasteiger partial charge in [0.1, 0.15) is 11.8 Å². The predicted octanol–water partition coefficient (Wildman–Crippen LogP) is -0.710. The highest BCUT2D eigenvalue weighted by molar-refractivity contribution is 6.18. The number of imide groups is 2. The van der Waals surface area contributed by atoms with Gasteiger partial charge in [0.15, 0.2) is 0 Å². The summed E-state index contributed by atoms with van der Waals surface area (Å²) in [4.78, 5) is 45.9. The largest absolute Gasteiger partial charge is 0.295 e. The molecule has 0 spiro atoms. The van der Waals surface area contributed by atoms with Crippen LogP contribution in [0.2, 0.25) is 0 Å². The SMILES string of the molecule is C[C@H](CC1C(=O)NC1=O)CC1C(=O)N(C)C1=O. The summed E-state index contributed by atoms with van der Waals surface area (Å²) in [5, 5.41) is 2.15. The highest BCUT2D eigenvalue weighted by Gasteiger charge is 2.45. The minimum atomic E-state index is -0.590. The minimum Gasteiger partial charge on any atom is -0.295 e.